The fraction of sp³-hybridized carbons (Fsp3) is 0.105. The molecule has 0 amide bonds. The van der Waals surface area contributed by atoms with Crippen LogP contribution in [0.25, 0.3) is 0 Å². The molecule has 0 radical (unpaired) electrons. The van der Waals surface area contributed by atoms with Gasteiger partial charge in [0.2, 0.25) is 5.84 Å². The fourth-order valence-corrected chi connectivity index (χ4v) is 2.09. The fourth-order valence-electron chi connectivity index (χ4n) is 2.09. The molecule has 0 atom stereocenters. The molecule has 0 spiro atoms. The molecule has 1 N–H and O–H groups in total. The van der Waals surface area contributed by atoms with Crippen molar-refractivity contribution >= 4 is 17.3 Å². The second-order valence-corrected chi connectivity index (χ2v) is 5.36. The Kier molecular flexibility index (Phi) is 5.61. The van der Waals surface area contributed by atoms with Crippen molar-refractivity contribution in [3.63, 3.8) is 0 Å². The number of hydrogen-bond donors (Lipinski definition) is 1. The number of rotatable bonds is 5. The molecule has 3 aromatic rings. The van der Waals surface area contributed by atoms with E-state index in [1.807, 2.05) is 55.5 Å². The Labute approximate surface area is 151 Å². The Morgan fingerprint density at radius 3 is 2.58 bits per heavy atom. The predicted octanol–water partition coefficient (Wildman–Crippen LogP) is 4.35. The summed E-state index contributed by atoms with van der Waals surface area (Å²) in [5.74, 6) is 1.50. The van der Waals surface area contributed by atoms with E-state index in [0.717, 1.165) is 5.56 Å². The van der Waals surface area contributed by atoms with Gasteiger partial charge in [-0.05, 0) is 42.8 Å². The monoisotopic (exact) mass is 346 g/mol. The normalized spacial score (nSPS) is 11.5. The zero-order valence-electron chi connectivity index (χ0n) is 14.5. The van der Waals surface area contributed by atoms with Gasteiger partial charge in [0.25, 0.3) is 0 Å². The van der Waals surface area contributed by atoms with Crippen LogP contribution in [0.15, 0.2) is 82.3 Å². The number of hydrazone groups is 1. The highest BCUT2D eigenvalue weighted by Crippen LogP contribution is 2.23. The van der Waals surface area contributed by atoms with Gasteiger partial charge < -0.3 is 4.74 Å². The summed E-state index contributed by atoms with van der Waals surface area (Å²) in [6.45, 7) is 1.96. The van der Waals surface area contributed by atoms with Gasteiger partial charge in [-0.1, -0.05) is 24.3 Å². The van der Waals surface area contributed by atoms with Crippen LogP contribution in [0.1, 0.15) is 11.3 Å². The summed E-state index contributed by atoms with van der Waals surface area (Å²) in [5, 5.41) is 12.7. The van der Waals surface area contributed by atoms with Crippen LogP contribution in [0.2, 0.25) is 0 Å². The molecule has 0 aliphatic carbocycles. The Balaban J connectivity index is 1.89. The third-order valence-corrected chi connectivity index (χ3v) is 3.43. The number of anilines is 1. The summed E-state index contributed by atoms with van der Waals surface area (Å²) >= 11 is 0. The number of nitrogens with one attached hydrogen (secondary N) is 1. The summed E-state index contributed by atoms with van der Waals surface area (Å²) in [7, 11) is 1.60. The largest absolute Gasteiger partial charge is 0.495 e. The van der Waals surface area contributed by atoms with Crippen molar-refractivity contribution in [1.29, 1.82) is 0 Å². The maximum Gasteiger partial charge on any atom is 0.219 e. The molecule has 0 aliphatic heterocycles. The second kappa shape index (κ2) is 8.48. The molecule has 2 heterocycles. The van der Waals surface area contributed by atoms with E-state index in [0.29, 0.717) is 28.8 Å². The first-order chi connectivity index (χ1) is 12.8. The van der Waals surface area contributed by atoms with Gasteiger partial charge in [0.05, 0.1) is 12.8 Å². The van der Waals surface area contributed by atoms with Crippen LogP contribution in [-0.4, -0.2) is 22.9 Å². The van der Waals surface area contributed by atoms with Crippen molar-refractivity contribution in [2.75, 3.05) is 12.5 Å². The number of amidine groups is 1. The molecule has 1 aromatic carbocycles. The lowest BCUT2D eigenvalue weighted by atomic mass is 10.3. The van der Waals surface area contributed by atoms with Crippen molar-refractivity contribution < 1.29 is 4.74 Å². The minimum absolute atomic E-state index is 0.332. The quantitative estimate of drug-likeness (QED) is 0.322. The molecule has 2 aromatic heterocycles. The Hall–Kier alpha value is -3.61. The summed E-state index contributed by atoms with van der Waals surface area (Å²) in [5.41, 5.74) is 5.32. The van der Waals surface area contributed by atoms with E-state index in [2.05, 4.69) is 30.7 Å². The number of pyridine rings is 2. The Morgan fingerprint density at radius 1 is 1.00 bits per heavy atom. The van der Waals surface area contributed by atoms with Crippen molar-refractivity contribution in [3.8, 4) is 5.75 Å². The van der Waals surface area contributed by atoms with E-state index in [1.165, 1.54) is 0 Å². The highest BCUT2D eigenvalue weighted by Gasteiger charge is 2.06. The van der Waals surface area contributed by atoms with Gasteiger partial charge >= 0.3 is 0 Å². The molecule has 130 valence electrons. The molecule has 0 unspecified atom stereocenters. The van der Waals surface area contributed by atoms with Crippen LogP contribution in [0.4, 0.5) is 11.5 Å². The van der Waals surface area contributed by atoms with Gasteiger partial charge in [0.15, 0.2) is 5.82 Å². The third kappa shape index (κ3) is 4.47. The van der Waals surface area contributed by atoms with Gasteiger partial charge in [-0.15, -0.1) is 10.2 Å². The minimum Gasteiger partial charge on any atom is -0.495 e. The molecule has 0 saturated heterocycles. The van der Waals surface area contributed by atoms with E-state index >= 15 is 0 Å². The average Bonchev–Trinajstić information content (AvgIpc) is 2.70. The highest BCUT2D eigenvalue weighted by atomic mass is 16.5. The van der Waals surface area contributed by atoms with Crippen LogP contribution in [0, 0.1) is 6.92 Å². The molecule has 7 nitrogen and oxygen atoms in total. The molecule has 0 bridgehead atoms. The number of nitrogens with zero attached hydrogens (tertiary/aromatic N) is 5. The number of benzene rings is 1. The Morgan fingerprint density at radius 2 is 1.85 bits per heavy atom. The molecule has 0 fully saturated rings. The number of para-hydroxylation sites is 2. The van der Waals surface area contributed by atoms with Crippen molar-refractivity contribution in [2.24, 2.45) is 15.3 Å². The average molecular weight is 346 g/mol. The standard InChI is InChI=1S/C19H18N6O/c1-14-10-11-18(21-13-14)23-25-19(16-8-5-6-12-20-16)24-22-15-7-3-4-9-17(15)26-2/h3-13,22H,1-2H3. The van der Waals surface area contributed by atoms with Gasteiger partial charge in [-0.25, -0.2) is 4.98 Å². The molecular formula is C19H18N6O. The molecule has 7 heteroatoms. The first-order valence-corrected chi connectivity index (χ1v) is 7.99. The topological polar surface area (TPSA) is 84.1 Å². The smallest absolute Gasteiger partial charge is 0.219 e. The SMILES string of the molecule is COc1ccccc1NN=C(N=Nc1ccc(C)cn1)c1ccccn1. The van der Waals surface area contributed by atoms with Crippen molar-refractivity contribution in [2.45, 2.75) is 6.92 Å². The summed E-state index contributed by atoms with van der Waals surface area (Å²) in [4.78, 5) is 8.50. The van der Waals surface area contributed by atoms with Gasteiger partial charge in [0, 0.05) is 12.4 Å². The van der Waals surface area contributed by atoms with E-state index in [-0.39, 0.29) is 0 Å². The van der Waals surface area contributed by atoms with E-state index in [9.17, 15) is 0 Å². The van der Waals surface area contributed by atoms with Crippen LogP contribution in [0.3, 0.4) is 0 Å². The molecule has 26 heavy (non-hydrogen) atoms. The number of aromatic nitrogens is 2. The zero-order chi connectivity index (χ0) is 18.2. The van der Waals surface area contributed by atoms with Crippen LogP contribution in [0.5, 0.6) is 5.75 Å². The van der Waals surface area contributed by atoms with Gasteiger partial charge in [0.1, 0.15) is 11.4 Å². The predicted molar refractivity (Wildman–Crippen MR) is 101 cm³/mol. The van der Waals surface area contributed by atoms with Crippen LogP contribution >= 0.6 is 0 Å². The number of hydrogen-bond acceptors (Lipinski definition) is 6. The van der Waals surface area contributed by atoms with Gasteiger partial charge in [-0.3, -0.25) is 10.4 Å². The first-order valence-electron chi connectivity index (χ1n) is 7.99. The number of azo groups is 1. The summed E-state index contributed by atoms with van der Waals surface area (Å²) in [6.07, 6.45) is 3.41. The summed E-state index contributed by atoms with van der Waals surface area (Å²) < 4.78 is 5.31. The highest BCUT2D eigenvalue weighted by molar-refractivity contribution is 5.97. The first kappa shape index (κ1) is 17.2. The van der Waals surface area contributed by atoms with E-state index < -0.39 is 0 Å². The molecule has 3 rings (SSSR count). The molecule has 0 aliphatic rings. The van der Waals surface area contributed by atoms with Crippen molar-refractivity contribution in [1.82, 2.24) is 9.97 Å². The second-order valence-electron chi connectivity index (χ2n) is 5.36. The Bertz CT molecular complexity index is 907. The number of aryl methyl sites for hydroxylation is 1. The molecular weight excluding hydrogens is 328 g/mol. The maximum absolute atomic E-state index is 5.31. The van der Waals surface area contributed by atoms with Gasteiger partial charge in [-0.2, -0.15) is 5.10 Å². The lowest BCUT2D eigenvalue weighted by Crippen LogP contribution is -2.04. The van der Waals surface area contributed by atoms with Crippen LogP contribution < -0.4 is 10.2 Å². The molecule has 0 saturated carbocycles. The lowest BCUT2D eigenvalue weighted by Gasteiger charge is -2.07. The van der Waals surface area contributed by atoms with Crippen molar-refractivity contribution in [3.05, 3.63) is 78.2 Å². The van der Waals surface area contributed by atoms with Crippen LogP contribution in [-0.2, 0) is 0 Å². The lowest BCUT2D eigenvalue weighted by molar-refractivity contribution is 0.416. The number of methoxy groups -OCH3 is 1. The maximum atomic E-state index is 5.31. The minimum atomic E-state index is 0.332. The number of ether oxygens (including phenoxy) is 1. The van der Waals surface area contributed by atoms with E-state index in [1.54, 1.807) is 25.6 Å². The zero-order valence-corrected chi connectivity index (χ0v) is 14.5. The third-order valence-electron chi connectivity index (χ3n) is 3.43. The van der Waals surface area contributed by atoms with E-state index in [4.69, 9.17) is 4.74 Å². The summed E-state index contributed by atoms with van der Waals surface area (Å²) in [6, 6.07) is 16.7.